The Morgan fingerprint density at radius 3 is 2.74 bits per heavy atom. The number of aryl methyl sites for hydroxylation is 2. The average Bonchev–Trinajstić information content (AvgIpc) is 2.47. The zero-order chi connectivity index (χ0) is 14.8. The van der Waals surface area contributed by atoms with Gasteiger partial charge in [0.1, 0.15) is 0 Å². The molecule has 1 unspecified atom stereocenters. The monoisotopic (exact) mass is 353 g/mol. The van der Waals surface area contributed by atoms with Crippen molar-refractivity contribution in [3.8, 4) is 0 Å². The van der Waals surface area contributed by atoms with E-state index in [2.05, 4.69) is 10.3 Å². The van der Waals surface area contributed by atoms with Gasteiger partial charge in [-0.15, -0.1) is 24.8 Å². The summed E-state index contributed by atoms with van der Waals surface area (Å²) < 4.78 is 0. The molecule has 1 atom stereocenters. The number of halogens is 2. The molecular weight excluding hydrogens is 333 g/mol. The number of nitrogens with zero attached hydrogens (tertiary/aromatic N) is 1. The Morgan fingerprint density at radius 2 is 2.04 bits per heavy atom. The van der Waals surface area contributed by atoms with E-state index in [1.807, 2.05) is 37.3 Å². The zero-order valence-electron chi connectivity index (χ0n) is 12.9. The van der Waals surface area contributed by atoms with Gasteiger partial charge in [0.25, 0.3) is 5.91 Å². The van der Waals surface area contributed by atoms with E-state index in [-0.39, 0.29) is 36.8 Å². The number of rotatable bonds is 2. The normalized spacial score (nSPS) is 15.6. The number of hydrogen-bond acceptors (Lipinski definition) is 3. The second-order valence-corrected chi connectivity index (χ2v) is 5.56. The number of carbonyl (C=O) groups is 1. The van der Waals surface area contributed by atoms with Gasteiger partial charge in [-0.25, -0.2) is 0 Å². The van der Waals surface area contributed by atoms with Gasteiger partial charge in [0.15, 0.2) is 0 Å². The molecule has 0 saturated heterocycles. The number of nitrogens with one attached hydrogen (secondary N) is 1. The van der Waals surface area contributed by atoms with Crippen LogP contribution in [0.2, 0.25) is 0 Å². The average molecular weight is 354 g/mol. The lowest BCUT2D eigenvalue weighted by Crippen LogP contribution is -2.31. The van der Waals surface area contributed by atoms with Gasteiger partial charge < -0.3 is 11.1 Å². The fraction of sp³-hybridized carbons (Fsp3) is 0.294. The highest BCUT2D eigenvalue weighted by atomic mass is 35.5. The van der Waals surface area contributed by atoms with Gasteiger partial charge in [-0.2, -0.15) is 0 Å². The van der Waals surface area contributed by atoms with Gasteiger partial charge in [0.05, 0.1) is 11.6 Å². The van der Waals surface area contributed by atoms with Gasteiger partial charge in [-0.3, -0.25) is 9.78 Å². The minimum atomic E-state index is -0.0721. The number of benzene rings is 1. The first kappa shape index (κ1) is 19.3. The smallest absolute Gasteiger partial charge is 0.253 e. The molecule has 2 aromatic rings. The molecule has 0 aliphatic heterocycles. The maximum atomic E-state index is 12.3. The summed E-state index contributed by atoms with van der Waals surface area (Å²) in [5, 5.41) is 3.11. The quantitative estimate of drug-likeness (QED) is 0.810. The highest BCUT2D eigenvalue weighted by molar-refractivity contribution is 5.94. The van der Waals surface area contributed by atoms with Crippen molar-refractivity contribution in [2.75, 3.05) is 5.73 Å². The van der Waals surface area contributed by atoms with E-state index in [0.717, 1.165) is 30.6 Å². The van der Waals surface area contributed by atoms with E-state index >= 15 is 0 Å². The summed E-state index contributed by atoms with van der Waals surface area (Å²) in [5.41, 5.74) is 10.6. The molecule has 1 aliphatic carbocycles. The predicted octanol–water partition coefficient (Wildman–Crippen LogP) is 3.62. The SMILES string of the molecule is Cc1ccc(C(=O)NC2CCCc3cc(N)ccc32)cn1.Cl.Cl. The first-order valence-electron chi connectivity index (χ1n) is 7.25. The van der Waals surface area contributed by atoms with Gasteiger partial charge >= 0.3 is 0 Å². The highest BCUT2D eigenvalue weighted by Gasteiger charge is 2.22. The van der Waals surface area contributed by atoms with Crippen molar-refractivity contribution in [2.24, 2.45) is 0 Å². The molecule has 1 aromatic heterocycles. The van der Waals surface area contributed by atoms with Crippen molar-refractivity contribution in [1.82, 2.24) is 10.3 Å². The van der Waals surface area contributed by atoms with Crippen molar-refractivity contribution in [3.63, 3.8) is 0 Å². The maximum absolute atomic E-state index is 12.3. The number of nitrogens with two attached hydrogens (primary N) is 1. The minimum Gasteiger partial charge on any atom is -0.399 e. The number of aromatic nitrogens is 1. The standard InChI is InChI=1S/C17H19N3O.2ClH/c1-11-5-6-13(10-19-11)17(21)20-16-4-2-3-12-9-14(18)7-8-15(12)16;;/h5-10,16H,2-4,18H2,1H3,(H,20,21);2*1H. The molecule has 1 aliphatic rings. The van der Waals surface area contributed by atoms with E-state index in [4.69, 9.17) is 5.73 Å². The van der Waals surface area contributed by atoms with E-state index < -0.39 is 0 Å². The summed E-state index contributed by atoms with van der Waals surface area (Å²) in [7, 11) is 0. The van der Waals surface area contributed by atoms with Crippen molar-refractivity contribution >= 4 is 36.4 Å². The van der Waals surface area contributed by atoms with Crippen LogP contribution in [0.25, 0.3) is 0 Å². The van der Waals surface area contributed by atoms with Gasteiger partial charge in [0.2, 0.25) is 0 Å². The molecule has 3 rings (SSSR count). The summed E-state index contributed by atoms with van der Waals surface area (Å²) in [6.07, 6.45) is 4.67. The molecule has 4 nitrogen and oxygen atoms in total. The molecule has 0 spiro atoms. The predicted molar refractivity (Wildman–Crippen MR) is 97.5 cm³/mol. The third-order valence-corrected chi connectivity index (χ3v) is 3.96. The van der Waals surface area contributed by atoms with Gasteiger partial charge in [-0.05, 0) is 61.6 Å². The number of hydrogen-bond donors (Lipinski definition) is 2. The fourth-order valence-corrected chi connectivity index (χ4v) is 2.83. The second-order valence-electron chi connectivity index (χ2n) is 5.56. The molecule has 1 amide bonds. The largest absolute Gasteiger partial charge is 0.399 e. The zero-order valence-corrected chi connectivity index (χ0v) is 14.5. The molecule has 6 heteroatoms. The van der Waals surface area contributed by atoms with Crippen LogP contribution in [0.15, 0.2) is 36.5 Å². The Bertz CT molecular complexity index is 674. The Balaban J connectivity index is 0.00000132. The molecule has 0 saturated carbocycles. The first-order valence-corrected chi connectivity index (χ1v) is 7.25. The van der Waals surface area contributed by atoms with Crippen molar-refractivity contribution in [2.45, 2.75) is 32.2 Å². The van der Waals surface area contributed by atoms with E-state index in [0.29, 0.717) is 5.56 Å². The molecule has 1 aromatic carbocycles. The Labute approximate surface area is 148 Å². The Morgan fingerprint density at radius 1 is 1.26 bits per heavy atom. The molecule has 124 valence electrons. The molecule has 0 fully saturated rings. The minimum absolute atomic E-state index is 0. The van der Waals surface area contributed by atoms with Gasteiger partial charge in [0, 0.05) is 17.6 Å². The number of nitrogen functional groups attached to an aromatic ring is 1. The van der Waals surface area contributed by atoms with E-state index in [9.17, 15) is 4.79 Å². The summed E-state index contributed by atoms with van der Waals surface area (Å²) in [6.45, 7) is 1.91. The Hall–Kier alpha value is -1.78. The summed E-state index contributed by atoms with van der Waals surface area (Å²) in [4.78, 5) is 16.5. The van der Waals surface area contributed by atoms with E-state index in [1.165, 1.54) is 11.1 Å². The van der Waals surface area contributed by atoms with Crippen molar-refractivity contribution in [1.29, 1.82) is 0 Å². The van der Waals surface area contributed by atoms with Crippen LogP contribution in [0.3, 0.4) is 0 Å². The van der Waals surface area contributed by atoms with E-state index in [1.54, 1.807) is 6.20 Å². The number of carbonyl (C=O) groups excluding carboxylic acids is 1. The fourth-order valence-electron chi connectivity index (χ4n) is 2.83. The van der Waals surface area contributed by atoms with Crippen molar-refractivity contribution < 1.29 is 4.79 Å². The molecule has 23 heavy (non-hydrogen) atoms. The highest BCUT2D eigenvalue weighted by Crippen LogP contribution is 2.31. The van der Waals surface area contributed by atoms with Crippen LogP contribution < -0.4 is 11.1 Å². The van der Waals surface area contributed by atoms with Crippen LogP contribution in [0, 0.1) is 6.92 Å². The van der Waals surface area contributed by atoms with Crippen molar-refractivity contribution in [3.05, 3.63) is 58.9 Å². The molecule has 0 radical (unpaired) electrons. The van der Waals surface area contributed by atoms with Crippen LogP contribution in [0.1, 0.15) is 46.1 Å². The lowest BCUT2D eigenvalue weighted by Gasteiger charge is -2.26. The van der Waals surface area contributed by atoms with Crippen LogP contribution in [-0.2, 0) is 6.42 Å². The van der Waals surface area contributed by atoms with Gasteiger partial charge in [-0.1, -0.05) is 6.07 Å². The molecule has 1 heterocycles. The first-order chi connectivity index (χ1) is 10.1. The summed E-state index contributed by atoms with van der Waals surface area (Å²) in [6, 6.07) is 9.66. The summed E-state index contributed by atoms with van der Waals surface area (Å²) in [5.74, 6) is -0.0721. The third kappa shape index (κ3) is 4.36. The second kappa shape index (κ2) is 8.18. The molecule has 3 N–H and O–H groups in total. The number of fused-ring (bicyclic) bond motifs is 1. The van der Waals surface area contributed by atoms with Crippen LogP contribution in [0.5, 0.6) is 0 Å². The molecule has 0 bridgehead atoms. The number of anilines is 1. The van der Waals surface area contributed by atoms with Crippen LogP contribution in [-0.4, -0.2) is 10.9 Å². The number of amides is 1. The third-order valence-electron chi connectivity index (χ3n) is 3.96. The van der Waals surface area contributed by atoms with Crippen LogP contribution >= 0.6 is 24.8 Å². The topological polar surface area (TPSA) is 68.0 Å². The lowest BCUT2D eigenvalue weighted by atomic mass is 9.87. The summed E-state index contributed by atoms with van der Waals surface area (Å²) >= 11 is 0. The number of pyridine rings is 1. The van der Waals surface area contributed by atoms with Crippen LogP contribution in [0.4, 0.5) is 5.69 Å². The Kier molecular flexibility index (Phi) is 6.85. The molecular formula is C17H21Cl2N3O. The maximum Gasteiger partial charge on any atom is 0.253 e. The lowest BCUT2D eigenvalue weighted by molar-refractivity contribution is 0.0932.